The third-order valence-electron chi connectivity index (χ3n) is 3.38. The molecule has 0 spiro atoms. The number of carbonyl (C=O) groups excluding carboxylic acids is 1. The largest absolute Gasteiger partial charge is 0.480 e. The smallest absolute Gasteiger partial charge is 0.326 e. The number of aliphatic carboxylic acids is 1. The summed E-state index contributed by atoms with van der Waals surface area (Å²) >= 11 is 0. The van der Waals surface area contributed by atoms with Gasteiger partial charge in [-0.3, -0.25) is 4.79 Å². The van der Waals surface area contributed by atoms with Crippen LogP contribution in [0, 0.1) is 0 Å². The summed E-state index contributed by atoms with van der Waals surface area (Å²) in [5.41, 5.74) is 6.24. The predicted octanol–water partition coefficient (Wildman–Crippen LogP) is 1.92. The second-order valence-corrected chi connectivity index (χ2v) is 5.40. The van der Waals surface area contributed by atoms with Crippen molar-refractivity contribution in [2.75, 3.05) is 5.73 Å². The van der Waals surface area contributed by atoms with Gasteiger partial charge >= 0.3 is 5.97 Å². The Morgan fingerprint density at radius 2 is 1.85 bits per heavy atom. The maximum Gasteiger partial charge on any atom is 0.326 e. The Hall–Kier alpha value is -2.04. The molecule has 1 rings (SSSR count). The number of carboxylic acid groups (broad SMARTS) is 1. The van der Waals surface area contributed by atoms with Crippen molar-refractivity contribution in [2.45, 2.75) is 45.1 Å². The molecule has 0 radical (unpaired) electrons. The Morgan fingerprint density at radius 3 is 2.30 bits per heavy atom. The van der Waals surface area contributed by atoms with Gasteiger partial charge in [-0.2, -0.15) is 0 Å². The molecule has 1 amide bonds. The van der Waals surface area contributed by atoms with Crippen molar-refractivity contribution in [3.8, 4) is 0 Å². The first-order chi connectivity index (χ1) is 9.28. The van der Waals surface area contributed by atoms with Gasteiger partial charge in [0, 0.05) is 5.69 Å². The molecule has 0 aliphatic carbocycles. The van der Waals surface area contributed by atoms with Crippen LogP contribution in [-0.4, -0.2) is 23.0 Å². The molecule has 0 saturated carbocycles. The van der Waals surface area contributed by atoms with E-state index in [-0.39, 0.29) is 5.91 Å². The lowest BCUT2D eigenvalue weighted by Crippen LogP contribution is -2.48. The highest BCUT2D eigenvalue weighted by Crippen LogP contribution is 2.24. The van der Waals surface area contributed by atoms with Crippen LogP contribution in [0.15, 0.2) is 24.3 Å². The Labute approximate surface area is 119 Å². The first-order valence-corrected chi connectivity index (χ1v) is 6.68. The van der Waals surface area contributed by atoms with E-state index >= 15 is 0 Å². The summed E-state index contributed by atoms with van der Waals surface area (Å²) in [6.45, 7) is 5.41. The van der Waals surface area contributed by atoms with Gasteiger partial charge in [0.1, 0.15) is 6.04 Å². The highest BCUT2D eigenvalue weighted by atomic mass is 16.4. The molecule has 0 aromatic heterocycles. The molecule has 0 heterocycles. The van der Waals surface area contributed by atoms with E-state index in [1.807, 2.05) is 6.92 Å². The summed E-state index contributed by atoms with van der Waals surface area (Å²) in [6.07, 6.45) is 1.11. The normalized spacial score (nSPS) is 12.8. The van der Waals surface area contributed by atoms with Gasteiger partial charge in [0.15, 0.2) is 0 Å². The Bertz CT molecular complexity index is 480. The van der Waals surface area contributed by atoms with Gasteiger partial charge in [0.25, 0.3) is 0 Å². The number of carboxylic acids is 1. The molecule has 0 unspecified atom stereocenters. The first-order valence-electron chi connectivity index (χ1n) is 6.68. The molecular formula is C15H22N2O3. The lowest BCUT2D eigenvalue weighted by Gasteiger charge is -2.26. The van der Waals surface area contributed by atoms with Crippen LogP contribution in [-0.2, 0) is 15.0 Å². The molecule has 1 aromatic carbocycles. The van der Waals surface area contributed by atoms with Crippen molar-refractivity contribution in [1.82, 2.24) is 5.32 Å². The summed E-state index contributed by atoms with van der Waals surface area (Å²) in [5.74, 6) is -1.31. The molecule has 0 aliphatic heterocycles. The SMILES string of the molecule is CCC[C@@H](NC(=O)C(C)(C)c1ccc(N)cc1)C(=O)O. The highest BCUT2D eigenvalue weighted by molar-refractivity contribution is 5.90. The van der Waals surface area contributed by atoms with Crippen LogP contribution in [0.2, 0.25) is 0 Å². The number of anilines is 1. The number of hydrogen-bond donors (Lipinski definition) is 3. The average Bonchev–Trinajstić information content (AvgIpc) is 2.38. The summed E-state index contributed by atoms with van der Waals surface area (Å²) in [6, 6.07) is 6.17. The maximum atomic E-state index is 12.3. The minimum atomic E-state index is -1.01. The quantitative estimate of drug-likeness (QED) is 0.693. The zero-order valence-corrected chi connectivity index (χ0v) is 12.1. The minimum absolute atomic E-state index is 0.303. The zero-order valence-electron chi connectivity index (χ0n) is 12.1. The number of nitrogen functional groups attached to an aromatic ring is 1. The predicted molar refractivity (Wildman–Crippen MR) is 78.4 cm³/mol. The molecule has 1 atom stereocenters. The number of benzene rings is 1. The van der Waals surface area contributed by atoms with E-state index in [9.17, 15) is 9.59 Å². The van der Waals surface area contributed by atoms with Crippen LogP contribution >= 0.6 is 0 Å². The molecule has 1 aromatic rings. The summed E-state index contributed by atoms with van der Waals surface area (Å²) in [7, 11) is 0. The van der Waals surface area contributed by atoms with E-state index in [1.54, 1.807) is 38.1 Å². The molecular weight excluding hydrogens is 256 g/mol. The molecule has 5 nitrogen and oxygen atoms in total. The van der Waals surface area contributed by atoms with Gasteiger partial charge in [0.2, 0.25) is 5.91 Å². The second kappa shape index (κ2) is 6.41. The highest BCUT2D eigenvalue weighted by Gasteiger charge is 2.32. The van der Waals surface area contributed by atoms with Crippen molar-refractivity contribution in [3.05, 3.63) is 29.8 Å². The fourth-order valence-corrected chi connectivity index (χ4v) is 1.92. The summed E-state index contributed by atoms with van der Waals surface area (Å²) < 4.78 is 0. The maximum absolute atomic E-state index is 12.3. The Balaban J connectivity index is 2.88. The van der Waals surface area contributed by atoms with Gasteiger partial charge in [-0.25, -0.2) is 4.79 Å². The van der Waals surface area contributed by atoms with Crippen LogP contribution in [0.25, 0.3) is 0 Å². The third-order valence-corrected chi connectivity index (χ3v) is 3.38. The summed E-state index contributed by atoms with van der Waals surface area (Å²) in [5, 5.41) is 11.7. The standard InChI is InChI=1S/C15H22N2O3/c1-4-5-12(13(18)19)17-14(20)15(2,3)10-6-8-11(16)9-7-10/h6-9,12H,4-5,16H2,1-3H3,(H,17,20)(H,18,19)/t12-/m1/s1. The van der Waals surface area contributed by atoms with Crippen molar-refractivity contribution < 1.29 is 14.7 Å². The number of hydrogen-bond acceptors (Lipinski definition) is 3. The lowest BCUT2D eigenvalue weighted by atomic mass is 9.83. The van der Waals surface area contributed by atoms with Crippen molar-refractivity contribution in [3.63, 3.8) is 0 Å². The van der Waals surface area contributed by atoms with Crippen LogP contribution in [0.4, 0.5) is 5.69 Å². The van der Waals surface area contributed by atoms with E-state index in [4.69, 9.17) is 10.8 Å². The van der Waals surface area contributed by atoms with Gasteiger partial charge in [-0.15, -0.1) is 0 Å². The van der Waals surface area contributed by atoms with Crippen molar-refractivity contribution in [1.29, 1.82) is 0 Å². The van der Waals surface area contributed by atoms with E-state index in [2.05, 4.69) is 5.32 Å². The molecule has 20 heavy (non-hydrogen) atoms. The molecule has 0 fully saturated rings. The number of rotatable bonds is 6. The van der Waals surface area contributed by atoms with Crippen molar-refractivity contribution >= 4 is 17.6 Å². The first kappa shape index (κ1) is 16.0. The van der Waals surface area contributed by atoms with Crippen LogP contribution in [0.3, 0.4) is 0 Å². The lowest BCUT2D eigenvalue weighted by molar-refractivity contribution is -0.142. The average molecular weight is 278 g/mol. The molecule has 0 bridgehead atoms. The molecule has 5 heteroatoms. The van der Waals surface area contributed by atoms with Crippen LogP contribution in [0.1, 0.15) is 39.2 Å². The Morgan fingerprint density at radius 1 is 1.30 bits per heavy atom. The molecule has 110 valence electrons. The van der Waals surface area contributed by atoms with Gasteiger partial charge in [-0.1, -0.05) is 25.5 Å². The molecule has 0 saturated heterocycles. The van der Waals surface area contributed by atoms with E-state index in [1.165, 1.54) is 0 Å². The summed E-state index contributed by atoms with van der Waals surface area (Å²) in [4.78, 5) is 23.4. The van der Waals surface area contributed by atoms with Gasteiger partial charge in [0.05, 0.1) is 5.41 Å². The fourth-order valence-electron chi connectivity index (χ4n) is 1.92. The number of nitrogens with one attached hydrogen (secondary N) is 1. The second-order valence-electron chi connectivity index (χ2n) is 5.40. The number of nitrogens with two attached hydrogens (primary N) is 1. The minimum Gasteiger partial charge on any atom is -0.480 e. The fraction of sp³-hybridized carbons (Fsp3) is 0.467. The Kier molecular flexibility index (Phi) is 5.13. The molecule has 4 N–H and O–H groups in total. The van der Waals surface area contributed by atoms with E-state index in [0.29, 0.717) is 18.5 Å². The van der Waals surface area contributed by atoms with Gasteiger partial charge < -0.3 is 16.2 Å². The van der Waals surface area contributed by atoms with E-state index in [0.717, 1.165) is 5.56 Å². The number of amides is 1. The van der Waals surface area contributed by atoms with Crippen LogP contribution in [0.5, 0.6) is 0 Å². The molecule has 0 aliphatic rings. The van der Waals surface area contributed by atoms with E-state index < -0.39 is 17.4 Å². The third kappa shape index (κ3) is 3.73. The van der Waals surface area contributed by atoms with Crippen LogP contribution < -0.4 is 11.1 Å². The number of carbonyl (C=O) groups is 2. The van der Waals surface area contributed by atoms with Gasteiger partial charge in [-0.05, 0) is 38.0 Å². The zero-order chi connectivity index (χ0) is 15.3. The topological polar surface area (TPSA) is 92.4 Å². The van der Waals surface area contributed by atoms with Crippen molar-refractivity contribution in [2.24, 2.45) is 0 Å². The monoisotopic (exact) mass is 278 g/mol.